The molecule has 1 aliphatic rings. The molecule has 2 aromatic rings. The Morgan fingerprint density at radius 2 is 1.43 bits per heavy atom. The van der Waals surface area contributed by atoms with Gasteiger partial charge in [-0.3, -0.25) is 14.1 Å². The summed E-state index contributed by atoms with van der Waals surface area (Å²) in [6.45, 7) is 20.0. The summed E-state index contributed by atoms with van der Waals surface area (Å²) in [5.41, 5.74) is 5.58. The van der Waals surface area contributed by atoms with Gasteiger partial charge in [0.15, 0.2) is 0 Å². The van der Waals surface area contributed by atoms with Crippen molar-refractivity contribution in [2.75, 3.05) is 13.4 Å². The van der Waals surface area contributed by atoms with Crippen LogP contribution in [-0.4, -0.2) is 43.5 Å². The number of ketones is 1. The molecule has 0 fully saturated rings. The van der Waals surface area contributed by atoms with Crippen LogP contribution in [0, 0.1) is 18.8 Å². The van der Waals surface area contributed by atoms with Crippen molar-refractivity contribution in [1.29, 1.82) is 0 Å². The molecule has 0 spiro atoms. The topological polar surface area (TPSA) is 110 Å². The number of rotatable bonds is 7. The number of thioether (sulfide) groups is 1. The minimum atomic E-state index is -3.67. The van der Waals surface area contributed by atoms with Crippen molar-refractivity contribution in [3.05, 3.63) is 82.4 Å². The molecule has 1 heterocycles. The average Bonchev–Trinajstić information content (AvgIpc) is 3.49. The fraction of sp³-hybridized carbons (Fsp3) is 0.543. The molecule has 1 aliphatic heterocycles. The molecule has 0 aliphatic carbocycles. The van der Waals surface area contributed by atoms with Crippen molar-refractivity contribution >= 4 is 33.6 Å². The van der Waals surface area contributed by atoms with E-state index in [-0.39, 0.29) is 5.78 Å². The number of esters is 1. The van der Waals surface area contributed by atoms with Crippen LogP contribution in [0.25, 0.3) is 0 Å². The van der Waals surface area contributed by atoms with Crippen LogP contribution in [0.5, 0.6) is 0 Å². The van der Waals surface area contributed by atoms with Crippen molar-refractivity contribution in [1.82, 2.24) is 5.32 Å². The molecule has 7 nitrogen and oxygen atoms in total. The van der Waals surface area contributed by atoms with E-state index in [2.05, 4.69) is 106 Å². The number of carbonyl (C=O) groups excluding carboxylic acids is 2. The summed E-state index contributed by atoms with van der Waals surface area (Å²) in [5.74, 6) is -0.666. The maximum absolute atomic E-state index is 10.5. The number of carbonyl (C=O) groups is 2. The molecule has 0 amide bonds. The van der Waals surface area contributed by atoms with Crippen molar-refractivity contribution in [2.24, 2.45) is 11.8 Å². The van der Waals surface area contributed by atoms with E-state index in [0.717, 1.165) is 12.8 Å². The van der Waals surface area contributed by atoms with Gasteiger partial charge in [-0.25, -0.2) is 0 Å². The van der Waals surface area contributed by atoms with Gasteiger partial charge >= 0.3 is 5.97 Å². The summed E-state index contributed by atoms with van der Waals surface area (Å²) in [7, 11) is -2.40. The first-order chi connectivity index (χ1) is 20.6. The Balaban J connectivity index is -0.000000530. The lowest BCUT2D eigenvalue weighted by molar-refractivity contribution is -0.148. The summed E-state index contributed by atoms with van der Waals surface area (Å²) in [6.07, 6.45) is 5.41. The molecule has 0 radical (unpaired) electrons. The van der Waals surface area contributed by atoms with Crippen molar-refractivity contribution < 1.29 is 27.3 Å². The van der Waals surface area contributed by atoms with Gasteiger partial charge in [0, 0.05) is 11.6 Å². The lowest BCUT2D eigenvalue weighted by atomic mass is 9.98. The van der Waals surface area contributed by atoms with Gasteiger partial charge in [0.05, 0.1) is 18.7 Å². The first-order valence-electron chi connectivity index (χ1n) is 15.3. The lowest BCUT2D eigenvalue weighted by Gasteiger charge is -2.16. The van der Waals surface area contributed by atoms with Gasteiger partial charge in [0.25, 0.3) is 10.1 Å². The van der Waals surface area contributed by atoms with Gasteiger partial charge in [0.2, 0.25) is 0 Å². The highest BCUT2D eigenvalue weighted by Gasteiger charge is 2.19. The van der Waals surface area contributed by atoms with Crippen LogP contribution in [0.15, 0.2) is 65.7 Å². The number of hydrogen-bond acceptors (Lipinski definition) is 7. The van der Waals surface area contributed by atoms with E-state index in [0.29, 0.717) is 17.5 Å². The first-order valence-corrected chi connectivity index (χ1v) is 18.1. The summed E-state index contributed by atoms with van der Waals surface area (Å²) in [6, 6.07) is 19.3. The zero-order chi connectivity index (χ0) is 34.7. The van der Waals surface area contributed by atoms with Crippen LogP contribution in [0.2, 0.25) is 0 Å². The zero-order valence-electron chi connectivity index (χ0n) is 29.1. The number of hydrogen-bond donors (Lipinski definition) is 2. The number of Topliss-reactive ketones (excluding diaryl/α,β-unsaturated/α-hetero) is 1. The van der Waals surface area contributed by atoms with E-state index in [9.17, 15) is 18.0 Å². The van der Waals surface area contributed by atoms with E-state index in [4.69, 9.17) is 4.55 Å². The Bertz CT molecular complexity index is 1130. The van der Waals surface area contributed by atoms with Gasteiger partial charge in [-0.1, -0.05) is 115 Å². The van der Waals surface area contributed by atoms with Crippen molar-refractivity contribution in [3.8, 4) is 0 Å². The van der Waals surface area contributed by atoms with Crippen LogP contribution in [-0.2, 0) is 37.3 Å². The van der Waals surface area contributed by atoms with Crippen LogP contribution in [0.3, 0.4) is 0 Å². The zero-order valence-corrected chi connectivity index (χ0v) is 30.8. The summed E-state index contributed by atoms with van der Waals surface area (Å²) < 4.78 is 30.2. The molecule has 3 rings (SSSR count). The molecule has 2 unspecified atom stereocenters. The number of aryl methyl sites for hydroxylation is 2. The molecule has 252 valence electrons. The Morgan fingerprint density at radius 3 is 1.75 bits per heavy atom. The summed E-state index contributed by atoms with van der Waals surface area (Å²) in [4.78, 5) is 21.0. The standard InChI is InChI=1S/C15H21NS.C8H10.C6H10O3.C3H8.C2H6.CH4O3S/c1-4-15-16-14(10-17-15)12(3)9-13-7-5-11(2)6-8-13;1-2-8-6-4-3-5-7-8;1-4(5(2)7)6(8)9-3;1-3-2;1-2;1-5(2,3)4/h5-8,10,12,15-16H,4,9H2,1-3H3;3-7H,2H2,1H3;4H,1-3H3;3H2,1-2H3;1-2H3;1H3,(H,2,3,4)/t12-,15?;;;;;/m0...../s1. The van der Waals surface area contributed by atoms with Gasteiger partial charge in [-0.15, -0.1) is 11.8 Å². The van der Waals surface area contributed by atoms with Gasteiger partial charge < -0.3 is 10.1 Å². The molecular formula is C35H59NO6S2. The second kappa shape index (κ2) is 27.9. The summed E-state index contributed by atoms with van der Waals surface area (Å²) >= 11 is 1.92. The average molecular weight is 654 g/mol. The number of ether oxygens (including phenoxy) is 1. The van der Waals surface area contributed by atoms with E-state index in [1.165, 1.54) is 56.2 Å². The SMILES string of the molecule is CC.CCC.CCC1NC([C@@H](C)Cc2ccc(C)cc2)=CS1.CCc1ccccc1.COC(=O)C(C)C(C)=O.CS(=O)(=O)O. The summed E-state index contributed by atoms with van der Waals surface area (Å²) in [5, 5.41) is 6.48. The predicted molar refractivity (Wildman–Crippen MR) is 189 cm³/mol. The van der Waals surface area contributed by atoms with E-state index in [1.54, 1.807) is 0 Å². The van der Waals surface area contributed by atoms with E-state index in [1.807, 2.05) is 31.7 Å². The van der Waals surface area contributed by atoms with Gasteiger partial charge in [0.1, 0.15) is 11.7 Å². The number of methoxy groups -OCH3 is 1. The smallest absolute Gasteiger partial charge is 0.315 e. The maximum Gasteiger partial charge on any atom is 0.315 e. The minimum absolute atomic E-state index is 0.165. The molecule has 0 saturated carbocycles. The normalized spacial score (nSPS) is 14.1. The Kier molecular flexibility index (Phi) is 29.0. The third-order valence-electron chi connectivity index (χ3n) is 5.67. The molecule has 9 heteroatoms. The highest BCUT2D eigenvalue weighted by molar-refractivity contribution is 8.02. The number of benzene rings is 2. The third kappa shape index (κ3) is 27.0. The molecule has 2 aromatic carbocycles. The molecule has 0 aromatic heterocycles. The second-order valence-corrected chi connectivity index (χ2v) is 12.5. The Labute approximate surface area is 273 Å². The Hall–Kier alpha value is -2.62. The molecule has 44 heavy (non-hydrogen) atoms. The molecule has 0 bridgehead atoms. The quantitative estimate of drug-likeness (QED) is 0.174. The van der Waals surface area contributed by atoms with Crippen LogP contribution >= 0.6 is 11.8 Å². The molecule has 2 N–H and O–H groups in total. The highest BCUT2D eigenvalue weighted by atomic mass is 32.2. The van der Waals surface area contributed by atoms with E-state index < -0.39 is 22.0 Å². The number of nitrogens with one attached hydrogen (secondary N) is 1. The monoisotopic (exact) mass is 653 g/mol. The minimum Gasteiger partial charge on any atom is -0.468 e. The molecule has 0 saturated heterocycles. The molecular weight excluding hydrogens is 595 g/mol. The highest BCUT2D eigenvalue weighted by Crippen LogP contribution is 2.28. The lowest BCUT2D eigenvalue weighted by Crippen LogP contribution is -2.23. The van der Waals surface area contributed by atoms with Crippen molar-refractivity contribution in [2.45, 2.75) is 100 Å². The second-order valence-electron chi connectivity index (χ2n) is 9.98. The number of allylic oxidation sites excluding steroid dienone is 1. The van der Waals surface area contributed by atoms with Gasteiger partial charge in [-0.2, -0.15) is 8.42 Å². The first kappa shape index (κ1) is 45.8. The predicted octanol–water partition coefficient (Wildman–Crippen LogP) is 8.67. The molecule has 3 atom stereocenters. The van der Waals surface area contributed by atoms with Crippen LogP contribution in [0.1, 0.15) is 91.8 Å². The van der Waals surface area contributed by atoms with Crippen molar-refractivity contribution in [3.63, 3.8) is 0 Å². The maximum atomic E-state index is 10.5. The fourth-order valence-electron chi connectivity index (χ4n) is 3.11. The van der Waals surface area contributed by atoms with E-state index >= 15 is 0 Å². The van der Waals surface area contributed by atoms with Crippen LogP contribution in [0.4, 0.5) is 0 Å². The Morgan fingerprint density at radius 1 is 0.955 bits per heavy atom. The largest absolute Gasteiger partial charge is 0.468 e. The van der Waals surface area contributed by atoms with Gasteiger partial charge in [-0.05, 0) is 56.6 Å². The third-order valence-corrected chi connectivity index (χ3v) is 6.84. The van der Waals surface area contributed by atoms with Crippen LogP contribution < -0.4 is 5.32 Å². The fourth-order valence-corrected chi connectivity index (χ4v) is 4.12.